The minimum atomic E-state index is -0.354. The molecule has 0 aliphatic rings. The number of carbonyl (C=O) groups is 2. The zero-order valence-corrected chi connectivity index (χ0v) is 19.1. The van der Waals surface area contributed by atoms with Gasteiger partial charge in [-0.2, -0.15) is 5.10 Å². The summed E-state index contributed by atoms with van der Waals surface area (Å²) in [5, 5.41) is 7.36. The highest BCUT2D eigenvalue weighted by atomic mass is 35.5. The van der Waals surface area contributed by atoms with Crippen LogP contribution in [0.15, 0.2) is 71.8 Å². The summed E-state index contributed by atoms with van der Waals surface area (Å²) in [4.78, 5) is 24.4. The van der Waals surface area contributed by atoms with Gasteiger partial charge in [0.25, 0.3) is 11.8 Å². The zero-order valence-electron chi connectivity index (χ0n) is 18.3. The monoisotopic (exact) mass is 465 g/mol. The molecule has 0 fully saturated rings. The molecule has 0 aromatic heterocycles. The lowest BCUT2D eigenvalue weighted by molar-refractivity contribution is -0.118. The summed E-state index contributed by atoms with van der Waals surface area (Å²) in [7, 11) is 0. The largest absolute Gasteiger partial charge is 0.490 e. The van der Waals surface area contributed by atoms with Gasteiger partial charge in [-0.1, -0.05) is 29.8 Å². The van der Waals surface area contributed by atoms with Crippen LogP contribution >= 0.6 is 11.6 Å². The maximum Gasteiger partial charge on any atom is 0.271 e. The average Bonchev–Trinajstić information content (AvgIpc) is 2.80. The first-order valence-corrected chi connectivity index (χ1v) is 10.7. The van der Waals surface area contributed by atoms with Gasteiger partial charge in [0.15, 0.2) is 18.1 Å². The number of rotatable bonds is 9. The summed E-state index contributed by atoms with van der Waals surface area (Å²) in [5.74, 6) is 0.267. The number of amides is 2. The molecule has 0 saturated heterocycles. The molecule has 2 amide bonds. The number of carbonyl (C=O) groups excluding carboxylic acids is 2. The van der Waals surface area contributed by atoms with Gasteiger partial charge in [-0.05, 0) is 73.5 Å². The van der Waals surface area contributed by atoms with Crippen molar-refractivity contribution in [1.82, 2.24) is 5.43 Å². The van der Waals surface area contributed by atoms with Crippen molar-refractivity contribution in [2.75, 3.05) is 18.5 Å². The van der Waals surface area contributed by atoms with E-state index in [0.717, 1.165) is 11.3 Å². The van der Waals surface area contributed by atoms with Crippen LogP contribution in [0.5, 0.6) is 11.5 Å². The second-order valence-corrected chi connectivity index (χ2v) is 7.43. The van der Waals surface area contributed by atoms with E-state index in [9.17, 15) is 9.59 Å². The third-order valence-corrected chi connectivity index (χ3v) is 4.78. The van der Waals surface area contributed by atoms with Gasteiger partial charge in [0.05, 0.1) is 12.8 Å². The Bertz CT molecular complexity index is 1150. The highest BCUT2D eigenvalue weighted by Gasteiger charge is 2.10. The molecule has 2 N–H and O–H groups in total. The molecule has 0 aliphatic heterocycles. The molecular formula is C25H24ClN3O4. The minimum absolute atomic E-state index is 0.168. The van der Waals surface area contributed by atoms with E-state index in [0.29, 0.717) is 34.3 Å². The molecular weight excluding hydrogens is 442 g/mol. The number of hydrazone groups is 1. The Morgan fingerprint density at radius 2 is 1.76 bits per heavy atom. The number of benzene rings is 3. The fraction of sp³-hybridized carbons (Fsp3) is 0.160. The van der Waals surface area contributed by atoms with Gasteiger partial charge in [-0.25, -0.2) is 5.43 Å². The van der Waals surface area contributed by atoms with Gasteiger partial charge in [0.1, 0.15) is 0 Å². The summed E-state index contributed by atoms with van der Waals surface area (Å²) in [5.41, 5.74) is 5.30. The SMILES string of the molecule is CCOc1cc(/C=N/NC(=O)c2ccc(Cl)cc2)ccc1OCC(=O)Nc1ccccc1C. The third-order valence-electron chi connectivity index (χ3n) is 4.53. The summed E-state index contributed by atoms with van der Waals surface area (Å²) >= 11 is 5.83. The lowest BCUT2D eigenvalue weighted by Gasteiger charge is -2.13. The quantitative estimate of drug-likeness (QED) is 0.350. The molecule has 0 spiro atoms. The smallest absolute Gasteiger partial charge is 0.271 e. The molecule has 0 bridgehead atoms. The molecule has 3 rings (SSSR count). The summed E-state index contributed by atoms with van der Waals surface area (Å²) < 4.78 is 11.3. The van der Waals surface area contributed by atoms with Gasteiger partial charge in [-0.15, -0.1) is 0 Å². The Morgan fingerprint density at radius 3 is 2.48 bits per heavy atom. The van der Waals surface area contributed by atoms with E-state index in [2.05, 4.69) is 15.8 Å². The van der Waals surface area contributed by atoms with Crippen LogP contribution in [0.1, 0.15) is 28.4 Å². The Hall–Kier alpha value is -3.84. The van der Waals surface area contributed by atoms with Crippen molar-refractivity contribution in [3.8, 4) is 11.5 Å². The zero-order chi connectivity index (χ0) is 23.6. The maximum absolute atomic E-state index is 12.3. The number of ether oxygens (including phenoxy) is 2. The number of anilines is 1. The standard InChI is InChI=1S/C25H24ClN3O4/c1-3-32-23-14-18(15-27-29-25(31)19-9-11-20(26)12-10-19)8-13-22(23)33-16-24(30)28-21-7-5-4-6-17(21)2/h4-15H,3,16H2,1-2H3,(H,28,30)(H,29,31)/b27-15+. The van der Waals surface area contributed by atoms with E-state index in [-0.39, 0.29) is 18.4 Å². The van der Waals surface area contributed by atoms with Crippen LogP contribution in [0.4, 0.5) is 5.69 Å². The van der Waals surface area contributed by atoms with Crippen molar-refractivity contribution in [3.05, 3.63) is 88.4 Å². The van der Waals surface area contributed by atoms with E-state index in [1.54, 1.807) is 42.5 Å². The normalized spacial score (nSPS) is 10.6. The molecule has 8 heteroatoms. The van der Waals surface area contributed by atoms with E-state index < -0.39 is 0 Å². The van der Waals surface area contributed by atoms with Crippen molar-refractivity contribution in [3.63, 3.8) is 0 Å². The van der Waals surface area contributed by atoms with Gasteiger partial charge in [-0.3, -0.25) is 9.59 Å². The number of hydrogen-bond donors (Lipinski definition) is 2. The average molecular weight is 466 g/mol. The number of para-hydroxylation sites is 1. The lowest BCUT2D eigenvalue weighted by atomic mass is 10.2. The van der Waals surface area contributed by atoms with Crippen LogP contribution in [0.25, 0.3) is 0 Å². The number of nitrogens with one attached hydrogen (secondary N) is 2. The number of nitrogens with zero attached hydrogens (tertiary/aromatic N) is 1. The highest BCUT2D eigenvalue weighted by molar-refractivity contribution is 6.30. The van der Waals surface area contributed by atoms with Crippen LogP contribution in [0, 0.1) is 6.92 Å². The number of aryl methyl sites for hydroxylation is 1. The Labute approximate surface area is 197 Å². The molecule has 33 heavy (non-hydrogen) atoms. The van der Waals surface area contributed by atoms with E-state index in [4.69, 9.17) is 21.1 Å². The molecule has 0 atom stereocenters. The lowest BCUT2D eigenvalue weighted by Crippen LogP contribution is -2.20. The van der Waals surface area contributed by atoms with E-state index in [1.807, 2.05) is 38.1 Å². The van der Waals surface area contributed by atoms with Gasteiger partial charge >= 0.3 is 0 Å². The number of hydrogen-bond acceptors (Lipinski definition) is 5. The first kappa shape index (κ1) is 23.8. The van der Waals surface area contributed by atoms with Gasteiger partial charge in [0.2, 0.25) is 0 Å². The molecule has 3 aromatic carbocycles. The van der Waals surface area contributed by atoms with Crippen LogP contribution < -0.4 is 20.2 Å². The Morgan fingerprint density at radius 1 is 1.00 bits per heavy atom. The van der Waals surface area contributed by atoms with E-state index >= 15 is 0 Å². The number of halogens is 1. The highest BCUT2D eigenvalue weighted by Crippen LogP contribution is 2.28. The molecule has 0 heterocycles. The van der Waals surface area contributed by atoms with Crippen molar-refractivity contribution in [2.24, 2.45) is 5.10 Å². The Kier molecular flexibility index (Phi) is 8.43. The molecule has 0 unspecified atom stereocenters. The van der Waals surface area contributed by atoms with Gasteiger partial charge < -0.3 is 14.8 Å². The van der Waals surface area contributed by atoms with Crippen LogP contribution in [-0.4, -0.2) is 31.2 Å². The summed E-state index contributed by atoms with van der Waals surface area (Å²) in [6.45, 7) is 4.02. The van der Waals surface area contributed by atoms with Crippen LogP contribution in [-0.2, 0) is 4.79 Å². The minimum Gasteiger partial charge on any atom is -0.490 e. The topological polar surface area (TPSA) is 89.0 Å². The Balaban J connectivity index is 1.60. The predicted octanol–water partition coefficient (Wildman–Crippen LogP) is 4.83. The fourth-order valence-corrected chi connectivity index (χ4v) is 2.99. The van der Waals surface area contributed by atoms with E-state index in [1.165, 1.54) is 6.21 Å². The molecule has 7 nitrogen and oxygen atoms in total. The predicted molar refractivity (Wildman–Crippen MR) is 129 cm³/mol. The molecule has 170 valence electrons. The molecule has 0 aliphatic carbocycles. The van der Waals surface area contributed by atoms with Crippen molar-refractivity contribution in [1.29, 1.82) is 0 Å². The molecule has 0 saturated carbocycles. The molecule has 3 aromatic rings. The second kappa shape index (κ2) is 11.7. The summed E-state index contributed by atoms with van der Waals surface area (Å²) in [6.07, 6.45) is 1.49. The second-order valence-electron chi connectivity index (χ2n) is 7.00. The van der Waals surface area contributed by atoms with Crippen molar-refractivity contribution < 1.29 is 19.1 Å². The van der Waals surface area contributed by atoms with Gasteiger partial charge in [0, 0.05) is 16.3 Å². The van der Waals surface area contributed by atoms with Crippen LogP contribution in [0.3, 0.4) is 0 Å². The van der Waals surface area contributed by atoms with Crippen LogP contribution in [0.2, 0.25) is 5.02 Å². The van der Waals surface area contributed by atoms with Crippen molar-refractivity contribution in [2.45, 2.75) is 13.8 Å². The third kappa shape index (κ3) is 7.08. The first-order valence-electron chi connectivity index (χ1n) is 10.3. The maximum atomic E-state index is 12.3. The van der Waals surface area contributed by atoms with Crippen molar-refractivity contribution >= 4 is 35.3 Å². The summed E-state index contributed by atoms with van der Waals surface area (Å²) in [6, 6.07) is 19.2. The first-order chi connectivity index (χ1) is 16.0. The molecule has 0 radical (unpaired) electrons. The fourth-order valence-electron chi connectivity index (χ4n) is 2.87.